The lowest BCUT2D eigenvalue weighted by atomic mass is 10.1. The van der Waals surface area contributed by atoms with E-state index >= 15 is 0 Å². The maximum absolute atomic E-state index is 13.1. The third-order valence-electron chi connectivity index (χ3n) is 4.89. The van der Waals surface area contributed by atoms with Gasteiger partial charge >= 0.3 is 5.69 Å². The van der Waals surface area contributed by atoms with Crippen LogP contribution >= 0.6 is 11.6 Å². The van der Waals surface area contributed by atoms with Gasteiger partial charge in [0.25, 0.3) is 5.56 Å². The number of rotatable bonds is 6. The van der Waals surface area contributed by atoms with E-state index in [4.69, 9.17) is 16.3 Å². The molecule has 2 aromatic heterocycles. The number of ether oxygens (including phenoxy) is 1. The number of hydrogen-bond acceptors (Lipinski definition) is 5. The highest BCUT2D eigenvalue weighted by Crippen LogP contribution is 2.17. The molecule has 30 heavy (non-hydrogen) atoms. The average molecular weight is 427 g/mol. The summed E-state index contributed by atoms with van der Waals surface area (Å²) in [5.74, 6) is 0.530. The minimum absolute atomic E-state index is 0.184. The second-order valence-electron chi connectivity index (χ2n) is 6.85. The summed E-state index contributed by atoms with van der Waals surface area (Å²) in [5, 5.41) is 5.07. The van der Waals surface area contributed by atoms with E-state index in [1.165, 1.54) is 8.97 Å². The number of carbonyl (C=O) groups excluding carboxylic acids is 1. The Morgan fingerprint density at radius 1 is 1.13 bits per heavy atom. The topological polar surface area (TPSA) is 87.6 Å². The lowest BCUT2D eigenvalue weighted by Crippen LogP contribution is -2.27. The first-order chi connectivity index (χ1) is 14.4. The molecule has 9 heteroatoms. The van der Waals surface area contributed by atoms with Gasteiger partial charge in [-0.15, -0.1) is 5.10 Å². The van der Waals surface area contributed by atoms with Crippen molar-refractivity contribution in [1.29, 1.82) is 0 Å². The van der Waals surface area contributed by atoms with Gasteiger partial charge in [0.15, 0.2) is 5.78 Å². The molecule has 0 saturated carbocycles. The maximum Gasteiger partial charge on any atom is 0.352 e. The van der Waals surface area contributed by atoms with E-state index in [-0.39, 0.29) is 23.7 Å². The zero-order valence-electron chi connectivity index (χ0n) is 16.5. The number of carbonyl (C=O) groups is 1. The first-order valence-electron chi connectivity index (χ1n) is 9.43. The largest absolute Gasteiger partial charge is 0.497 e. The van der Waals surface area contributed by atoms with Crippen molar-refractivity contribution >= 4 is 34.1 Å². The number of ketones is 1. The van der Waals surface area contributed by atoms with Crippen LogP contribution < -0.4 is 16.0 Å². The minimum Gasteiger partial charge on any atom is -0.497 e. The molecule has 0 N–H and O–H groups in total. The number of halogens is 1. The number of Topliss-reactive ketones (excluding diaryl/α,β-unsaturated/α-hetero) is 1. The van der Waals surface area contributed by atoms with Crippen LogP contribution in [-0.2, 0) is 13.1 Å². The van der Waals surface area contributed by atoms with Gasteiger partial charge in [-0.2, -0.15) is 0 Å². The Morgan fingerprint density at radius 2 is 1.87 bits per heavy atom. The first kappa shape index (κ1) is 19.9. The summed E-state index contributed by atoms with van der Waals surface area (Å²) in [7, 11) is 1.54. The molecule has 0 amide bonds. The molecule has 2 aromatic carbocycles. The van der Waals surface area contributed by atoms with E-state index in [2.05, 4.69) is 5.10 Å². The molecule has 0 unspecified atom stereocenters. The van der Waals surface area contributed by atoms with E-state index in [0.29, 0.717) is 40.2 Å². The predicted molar refractivity (Wildman–Crippen MR) is 114 cm³/mol. The molecule has 0 aliphatic rings. The number of benzene rings is 2. The fourth-order valence-electron chi connectivity index (χ4n) is 3.42. The summed E-state index contributed by atoms with van der Waals surface area (Å²) in [5.41, 5.74) is 0.0280. The Balaban J connectivity index is 1.88. The zero-order chi connectivity index (χ0) is 21.4. The lowest BCUT2D eigenvalue weighted by molar-refractivity contribution is 0.0966. The highest BCUT2D eigenvalue weighted by Gasteiger charge is 2.19. The summed E-state index contributed by atoms with van der Waals surface area (Å²) in [4.78, 5) is 38.8. The molecular formula is C21H19ClN4O4. The van der Waals surface area contributed by atoms with Crippen LogP contribution in [0, 0.1) is 0 Å². The summed E-state index contributed by atoms with van der Waals surface area (Å²) in [6, 6.07) is 11.4. The van der Waals surface area contributed by atoms with Crippen molar-refractivity contribution in [1.82, 2.24) is 18.7 Å². The second kappa shape index (κ2) is 7.79. The molecule has 0 saturated heterocycles. The molecule has 4 rings (SSSR count). The van der Waals surface area contributed by atoms with Crippen LogP contribution in [0.1, 0.15) is 23.7 Å². The summed E-state index contributed by atoms with van der Waals surface area (Å²) in [6.07, 6.45) is 0.681. The molecule has 0 aliphatic heterocycles. The predicted octanol–water partition coefficient (Wildman–Crippen LogP) is 2.77. The fourth-order valence-corrected chi connectivity index (χ4v) is 3.59. The van der Waals surface area contributed by atoms with Crippen LogP contribution in [-0.4, -0.2) is 31.6 Å². The van der Waals surface area contributed by atoms with E-state index in [0.717, 1.165) is 4.68 Å². The van der Waals surface area contributed by atoms with Crippen molar-refractivity contribution < 1.29 is 9.53 Å². The molecule has 2 heterocycles. The van der Waals surface area contributed by atoms with Gasteiger partial charge < -0.3 is 4.74 Å². The highest BCUT2D eigenvalue weighted by molar-refractivity contribution is 6.31. The molecule has 154 valence electrons. The normalized spacial score (nSPS) is 11.3. The van der Waals surface area contributed by atoms with Crippen molar-refractivity contribution in [2.45, 2.75) is 26.4 Å². The Morgan fingerprint density at radius 3 is 2.53 bits per heavy atom. The molecular weight excluding hydrogens is 408 g/mol. The van der Waals surface area contributed by atoms with Gasteiger partial charge in [0.05, 0.1) is 18.0 Å². The molecule has 0 atom stereocenters. The van der Waals surface area contributed by atoms with Gasteiger partial charge in [-0.3, -0.25) is 14.2 Å². The van der Waals surface area contributed by atoms with Gasteiger partial charge in [0.1, 0.15) is 12.3 Å². The monoisotopic (exact) mass is 426 g/mol. The minimum atomic E-state index is -0.510. The third-order valence-corrected chi connectivity index (χ3v) is 5.13. The smallest absolute Gasteiger partial charge is 0.352 e. The van der Waals surface area contributed by atoms with E-state index < -0.39 is 5.69 Å². The van der Waals surface area contributed by atoms with Gasteiger partial charge in [-0.05, 0) is 48.9 Å². The second-order valence-corrected chi connectivity index (χ2v) is 7.28. The Bertz CT molecular complexity index is 1380. The van der Waals surface area contributed by atoms with E-state index in [1.54, 1.807) is 49.6 Å². The summed E-state index contributed by atoms with van der Waals surface area (Å²) in [6.45, 7) is 2.07. The lowest BCUT2D eigenvalue weighted by Gasteiger charge is -2.08. The van der Waals surface area contributed by atoms with Crippen LogP contribution in [0.25, 0.3) is 16.7 Å². The molecule has 0 aliphatic carbocycles. The Hall–Kier alpha value is -3.39. The highest BCUT2D eigenvalue weighted by atomic mass is 35.5. The van der Waals surface area contributed by atoms with Crippen molar-refractivity contribution in [2.75, 3.05) is 7.11 Å². The SMILES string of the molecule is CCCn1c(=O)c2ccc(Cl)cc2n2c(=O)n(CC(=O)c3ccc(OC)cc3)nc12. The van der Waals surface area contributed by atoms with Crippen molar-refractivity contribution in [3.05, 3.63) is 73.9 Å². The van der Waals surface area contributed by atoms with Crippen LogP contribution in [0.3, 0.4) is 0 Å². The van der Waals surface area contributed by atoms with E-state index in [9.17, 15) is 14.4 Å². The fraction of sp³-hybridized carbons (Fsp3) is 0.238. The first-order valence-corrected chi connectivity index (χ1v) is 9.81. The average Bonchev–Trinajstić information content (AvgIpc) is 3.07. The molecule has 4 aromatic rings. The molecule has 8 nitrogen and oxygen atoms in total. The van der Waals surface area contributed by atoms with Gasteiger partial charge in [-0.25, -0.2) is 13.9 Å². The standard InChI is InChI=1S/C21H19ClN4O4/c1-3-10-24-19(28)16-9-6-14(22)11-17(16)26-20(24)23-25(21(26)29)12-18(27)13-4-7-15(30-2)8-5-13/h4-9,11H,3,10,12H2,1-2H3. The number of fused-ring (bicyclic) bond motifs is 3. The molecule has 0 radical (unpaired) electrons. The van der Waals surface area contributed by atoms with E-state index in [1.807, 2.05) is 6.92 Å². The summed E-state index contributed by atoms with van der Waals surface area (Å²) >= 11 is 6.10. The third kappa shape index (κ3) is 3.29. The zero-order valence-corrected chi connectivity index (χ0v) is 17.2. The van der Waals surface area contributed by atoms with Crippen LogP contribution in [0.2, 0.25) is 5.02 Å². The number of methoxy groups -OCH3 is 1. The van der Waals surface area contributed by atoms with Crippen molar-refractivity contribution in [2.24, 2.45) is 0 Å². The van der Waals surface area contributed by atoms with Crippen LogP contribution in [0.5, 0.6) is 5.75 Å². The number of aryl methyl sites for hydroxylation is 1. The van der Waals surface area contributed by atoms with Crippen LogP contribution in [0.4, 0.5) is 0 Å². The Kier molecular flexibility index (Phi) is 5.17. The molecule has 0 spiro atoms. The van der Waals surface area contributed by atoms with Crippen LogP contribution in [0.15, 0.2) is 52.1 Å². The Labute approximate surface area is 175 Å². The number of aromatic nitrogens is 4. The number of hydrogen-bond donors (Lipinski definition) is 0. The van der Waals surface area contributed by atoms with Gasteiger partial charge in [0, 0.05) is 17.1 Å². The van der Waals surface area contributed by atoms with Gasteiger partial charge in [-0.1, -0.05) is 18.5 Å². The maximum atomic E-state index is 13.1. The molecule has 0 fully saturated rings. The van der Waals surface area contributed by atoms with Gasteiger partial charge in [0.2, 0.25) is 5.78 Å². The molecule has 0 bridgehead atoms. The quantitative estimate of drug-likeness (QED) is 0.442. The van der Waals surface area contributed by atoms with Crippen molar-refractivity contribution in [3.63, 3.8) is 0 Å². The number of nitrogens with zero attached hydrogens (tertiary/aromatic N) is 4. The van der Waals surface area contributed by atoms with Crippen molar-refractivity contribution in [3.8, 4) is 5.75 Å². The summed E-state index contributed by atoms with van der Waals surface area (Å²) < 4.78 is 8.96.